The highest BCUT2D eigenvalue weighted by Gasteiger charge is 2.05. The van der Waals surface area contributed by atoms with Gasteiger partial charge in [0.1, 0.15) is 0 Å². The number of nitrogens with one attached hydrogen (secondary N) is 2. The maximum absolute atomic E-state index is 11.6. The van der Waals surface area contributed by atoms with Gasteiger partial charge in [-0.05, 0) is 19.1 Å². The van der Waals surface area contributed by atoms with E-state index in [0.29, 0.717) is 25.3 Å². The van der Waals surface area contributed by atoms with Gasteiger partial charge in [0.25, 0.3) is 0 Å². The van der Waals surface area contributed by atoms with Crippen molar-refractivity contribution >= 4 is 23.6 Å². The summed E-state index contributed by atoms with van der Waals surface area (Å²) < 4.78 is 4.82. The molecule has 0 aliphatic rings. The second kappa shape index (κ2) is 10.2. The highest BCUT2D eigenvalue weighted by atomic mass is 32.2. The van der Waals surface area contributed by atoms with Crippen LogP contribution in [-0.2, 0) is 14.3 Å². The molecule has 0 spiro atoms. The van der Waals surface area contributed by atoms with Gasteiger partial charge in [0.15, 0.2) is 0 Å². The van der Waals surface area contributed by atoms with E-state index < -0.39 is 0 Å². The van der Waals surface area contributed by atoms with Gasteiger partial charge in [-0.15, -0.1) is 11.8 Å². The van der Waals surface area contributed by atoms with E-state index in [1.54, 1.807) is 18.9 Å². The van der Waals surface area contributed by atoms with Crippen LogP contribution in [0.4, 0.5) is 0 Å². The molecule has 116 valence electrons. The van der Waals surface area contributed by atoms with Crippen molar-refractivity contribution in [2.24, 2.45) is 0 Å². The quantitative estimate of drug-likeness (QED) is 0.534. The van der Waals surface area contributed by atoms with Gasteiger partial charge in [0.2, 0.25) is 11.8 Å². The van der Waals surface area contributed by atoms with Crippen LogP contribution in [-0.4, -0.2) is 44.4 Å². The molecule has 0 aliphatic carbocycles. The average molecular weight is 310 g/mol. The van der Waals surface area contributed by atoms with Gasteiger partial charge < -0.3 is 15.4 Å². The first-order valence-corrected chi connectivity index (χ1v) is 7.82. The van der Waals surface area contributed by atoms with Crippen molar-refractivity contribution in [3.05, 3.63) is 29.8 Å². The fourth-order valence-electron chi connectivity index (χ4n) is 1.52. The zero-order valence-corrected chi connectivity index (χ0v) is 13.3. The second-order valence-electron chi connectivity index (χ2n) is 4.53. The first-order chi connectivity index (χ1) is 10.1. The Labute approximate surface area is 129 Å². The third-order valence-corrected chi connectivity index (χ3v) is 3.71. The van der Waals surface area contributed by atoms with Crippen LogP contribution in [0, 0.1) is 6.92 Å². The van der Waals surface area contributed by atoms with E-state index >= 15 is 0 Å². The molecule has 5 nitrogen and oxygen atoms in total. The van der Waals surface area contributed by atoms with Crippen LogP contribution in [0.3, 0.4) is 0 Å². The Balaban J connectivity index is 2.11. The Hall–Kier alpha value is -1.53. The Morgan fingerprint density at radius 2 is 1.86 bits per heavy atom. The van der Waals surface area contributed by atoms with E-state index in [2.05, 4.69) is 10.6 Å². The monoisotopic (exact) mass is 310 g/mol. The second-order valence-corrected chi connectivity index (χ2v) is 5.70. The van der Waals surface area contributed by atoms with Gasteiger partial charge in [-0.25, -0.2) is 0 Å². The van der Waals surface area contributed by atoms with Crippen LogP contribution in [0.25, 0.3) is 0 Å². The Bertz CT molecular complexity index is 449. The molecule has 0 saturated heterocycles. The fraction of sp³-hybridized carbons (Fsp3) is 0.467. The van der Waals surface area contributed by atoms with E-state index in [-0.39, 0.29) is 18.4 Å². The molecule has 1 aromatic carbocycles. The summed E-state index contributed by atoms with van der Waals surface area (Å²) in [5.74, 6) is 0.378. The molecule has 0 heterocycles. The molecule has 0 bridgehead atoms. The van der Waals surface area contributed by atoms with E-state index in [4.69, 9.17) is 4.74 Å². The number of carbonyl (C=O) groups is 2. The molecular weight excluding hydrogens is 288 g/mol. The van der Waals surface area contributed by atoms with E-state index in [1.807, 2.05) is 31.2 Å². The third kappa shape index (κ3) is 8.37. The number of aryl methyl sites for hydroxylation is 1. The first kappa shape index (κ1) is 17.5. The predicted octanol–water partition coefficient (Wildman–Crippen LogP) is 1.36. The molecule has 0 saturated carbocycles. The van der Waals surface area contributed by atoms with Gasteiger partial charge in [0.05, 0.1) is 13.2 Å². The predicted molar refractivity (Wildman–Crippen MR) is 84.4 cm³/mol. The molecule has 0 atom stereocenters. The summed E-state index contributed by atoms with van der Waals surface area (Å²) in [4.78, 5) is 24.1. The SMILES string of the molecule is COCCNC(=O)CNC(=O)CCSc1ccc(C)cc1. The van der Waals surface area contributed by atoms with E-state index in [0.717, 1.165) is 4.90 Å². The van der Waals surface area contributed by atoms with Gasteiger partial charge in [0, 0.05) is 30.7 Å². The van der Waals surface area contributed by atoms with Crippen LogP contribution in [0.2, 0.25) is 0 Å². The molecule has 6 heteroatoms. The number of thioether (sulfide) groups is 1. The molecular formula is C15H22N2O3S. The van der Waals surface area contributed by atoms with Gasteiger partial charge in [-0.2, -0.15) is 0 Å². The standard InChI is InChI=1S/C15H22N2O3S/c1-12-3-5-13(6-4-12)21-10-7-14(18)17-11-15(19)16-8-9-20-2/h3-6H,7-11H2,1-2H3,(H,16,19)(H,17,18). The molecule has 1 aromatic rings. The van der Waals surface area contributed by atoms with Crippen LogP contribution in [0.5, 0.6) is 0 Å². The Kier molecular flexibility index (Phi) is 8.54. The lowest BCUT2D eigenvalue weighted by Crippen LogP contribution is -2.38. The zero-order valence-electron chi connectivity index (χ0n) is 12.5. The lowest BCUT2D eigenvalue weighted by Gasteiger charge is -2.06. The molecule has 21 heavy (non-hydrogen) atoms. The summed E-state index contributed by atoms with van der Waals surface area (Å²) in [5, 5.41) is 5.24. The topological polar surface area (TPSA) is 67.4 Å². The van der Waals surface area contributed by atoms with Gasteiger partial charge in [-0.1, -0.05) is 17.7 Å². The van der Waals surface area contributed by atoms with Crippen molar-refractivity contribution in [2.75, 3.05) is 32.6 Å². The highest BCUT2D eigenvalue weighted by molar-refractivity contribution is 7.99. The van der Waals surface area contributed by atoms with E-state index in [9.17, 15) is 9.59 Å². The number of methoxy groups -OCH3 is 1. The molecule has 2 N–H and O–H groups in total. The summed E-state index contributed by atoms with van der Waals surface area (Å²) >= 11 is 1.63. The highest BCUT2D eigenvalue weighted by Crippen LogP contribution is 2.18. The van der Waals surface area contributed by atoms with Crippen molar-refractivity contribution in [1.82, 2.24) is 10.6 Å². The largest absolute Gasteiger partial charge is 0.383 e. The first-order valence-electron chi connectivity index (χ1n) is 6.83. The van der Waals surface area contributed by atoms with Gasteiger partial charge in [-0.3, -0.25) is 9.59 Å². The van der Waals surface area contributed by atoms with Crippen molar-refractivity contribution in [3.8, 4) is 0 Å². The Morgan fingerprint density at radius 3 is 2.52 bits per heavy atom. The summed E-state index contributed by atoms with van der Waals surface area (Å²) in [6.45, 7) is 2.97. The zero-order chi connectivity index (χ0) is 15.5. The summed E-state index contributed by atoms with van der Waals surface area (Å²) in [5.41, 5.74) is 1.22. The lowest BCUT2D eigenvalue weighted by atomic mass is 10.2. The molecule has 0 aromatic heterocycles. The number of benzene rings is 1. The van der Waals surface area contributed by atoms with Crippen molar-refractivity contribution in [2.45, 2.75) is 18.2 Å². The third-order valence-electron chi connectivity index (χ3n) is 2.69. The van der Waals surface area contributed by atoms with Gasteiger partial charge >= 0.3 is 0 Å². The number of ether oxygens (including phenoxy) is 1. The smallest absolute Gasteiger partial charge is 0.239 e. The molecule has 0 radical (unpaired) electrons. The molecule has 1 rings (SSSR count). The van der Waals surface area contributed by atoms with E-state index in [1.165, 1.54) is 5.56 Å². The minimum atomic E-state index is -0.202. The molecule has 2 amide bonds. The van der Waals surface area contributed by atoms with Crippen molar-refractivity contribution in [1.29, 1.82) is 0 Å². The lowest BCUT2D eigenvalue weighted by molar-refractivity contribution is -0.125. The summed E-state index contributed by atoms with van der Waals surface area (Å²) in [6.07, 6.45) is 0.393. The summed E-state index contributed by atoms with van der Waals surface area (Å²) in [6, 6.07) is 8.18. The molecule has 0 unspecified atom stereocenters. The maximum atomic E-state index is 11.6. The van der Waals surface area contributed by atoms with Crippen LogP contribution >= 0.6 is 11.8 Å². The van der Waals surface area contributed by atoms with Crippen LogP contribution in [0.15, 0.2) is 29.2 Å². The Morgan fingerprint density at radius 1 is 1.14 bits per heavy atom. The molecule has 0 aliphatic heterocycles. The normalized spacial score (nSPS) is 10.2. The molecule has 0 fully saturated rings. The fourth-order valence-corrected chi connectivity index (χ4v) is 2.37. The maximum Gasteiger partial charge on any atom is 0.239 e. The number of rotatable bonds is 9. The number of hydrogen-bond donors (Lipinski definition) is 2. The number of amides is 2. The number of hydrogen-bond acceptors (Lipinski definition) is 4. The minimum absolute atomic E-state index is 0.0117. The van der Waals surface area contributed by atoms with Crippen LogP contribution in [0.1, 0.15) is 12.0 Å². The summed E-state index contributed by atoms with van der Waals surface area (Å²) in [7, 11) is 1.57. The van der Waals surface area contributed by atoms with Crippen molar-refractivity contribution < 1.29 is 14.3 Å². The van der Waals surface area contributed by atoms with Crippen LogP contribution < -0.4 is 10.6 Å². The average Bonchev–Trinajstić information content (AvgIpc) is 2.47. The van der Waals surface area contributed by atoms with Crippen molar-refractivity contribution in [3.63, 3.8) is 0 Å². The number of carbonyl (C=O) groups excluding carboxylic acids is 2. The minimum Gasteiger partial charge on any atom is -0.383 e.